The summed E-state index contributed by atoms with van der Waals surface area (Å²) in [6, 6.07) is 7.52. The molecule has 0 spiro atoms. The van der Waals surface area contributed by atoms with Crippen molar-refractivity contribution in [3.63, 3.8) is 0 Å². The number of benzene rings is 1. The van der Waals surface area contributed by atoms with E-state index in [9.17, 15) is 4.39 Å². The van der Waals surface area contributed by atoms with Crippen molar-refractivity contribution in [2.75, 3.05) is 24.5 Å². The molecule has 0 radical (unpaired) electrons. The predicted molar refractivity (Wildman–Crippen MR) is 88.3 cm³/mol. The molecule has 1 aromatic rings. The molecule has 118 valence electrons. The van der Waals surface area contributed by atoms with Crippen molar-refractivity contribution >= 4 is 5.69 Å². The molecule has 2 rings (SSSR count). The summed E-state index contributed by atoms with van der Waals surface area (Å²) >= 11 is 0. The highest BCUT2D eigenvalue weighted by molar-refractivity contribution is 5.47. The van der Waals surface area contributed by atoms with Gasteiger partial charge in [0.15, 0.2) is 0 Å². The Balaban J connectivity index is 1.98. The number of piperidine rings is 1. The van der Waals surface area contributed by atoms with E-state index in [1.807, 2.05) is 6.07 Å². The third kappa shape index (κ3) is 4.99. The van der Waals surface area contributed by atoms with Crippen molar-refractivity contribution < 1.29 is 4.39 Å². The van der Waals surface area contributed by atoms with Crippen LogP contribution in [0.1, 0.15) is 40.0 Å². The van der Waals surface area contributed by atoms with Gasteiger partial charge in [-0.05, 0) is 49.4 Å². The molecule has 2 nitrogen and oxygen atoms in total. The summed E-state index contributed by atoms with van der Waals surface area (Å²) in [6.45, 7) is 9.88. The quantitative estimate of drug-likeness (QED) is 0.850. The van der Waals surface area contributed by atoms with E-state index in [0.29, 0.717) is 12.0 Å². The minimum Gasteiger partial charge on any atom is -0.370 e. The lowest BCUT2D eigenvalue weighted by molar-refractivity contribution is 0.321. The molecule has 0 aliphatic carbocycles. The molecular formula is C18H29FN2. The van der Waals surface area contributed by atoms with Gasteiger partial charge in [0.1, 0.15) is 5.82 Å². The van der Waals surface area contributed by atoms with Crippen LogP contribution in [0.2, 0.25) is 0 Å². The Morgan fingerprint density at radius 3 is 2.81 bits per heavy atom. The van der Waals surface area contributed by atoms with Gasteiger partial charge in [0.2, 0.25) is 0 Å². The number of hydrogen-bond acceptors (Lipinski definition) is 2. The largest absolute Gasteiger partial charge is 0.370 e. The first kappa shape index (κ1) is 16.3. The zero-order valence-electron chi connectivity index (χ0n) is 13.6. The predicted octanol–water partition coefficient (Wildman–Crippen LogP) is 4.07. The van der Waals surface area contributed by atoms with Crippen LogP contribution in [-0.2, 0) is 0 Å². The second-order valence-electron chi connectivity index (χ2n) is 6.73. The van der Waals surface area contributed by atoms with Crippen molar-refractivity contribution in [1.82, 2.24) is 5.32 Å². The summed E-state index contributed by atoms with van der Waals surface area (Å²) in [7, 11) is 0. The SMILES string of the molecule is CCC1CC(NCCC(C)C)CN(c2cccc(F)c2)C1. The van der Waals surface area contributed by atoms with Crippen molar-refractivity contribution in [3.8, 4) is 0 Å². The monoisotopic (exact) mass is 292 g/mol. The summed E-state index contributed by atoms with van der Waals surface area (Å²) in [5.74, 6) is 1.29. The molecule has 0 amide bonds. The molecule has 2 unspecified atom stereocenters. The molecule has 1 fully saturated rings. The van der Waals surface area contributed by atoms with Crippen LogP contribution in [0.25, 0.3) is 0 Å². The molecule has 2 atom stereocenters. The lowest BCUT2D eigenvalue weighted by atomic mass is 9.91. The van der Waals surface area contributed by atoms with Crippen molar-refractivity contribution in [3.05, 3.63) is 30.1 Å². The standard InChI is InChI=1S/C18H29FN2/c1-4-15-10-17(20-9-8-14(2)3)13-21(12-15)18-7-5-6-16(19)11-18/h5-7,11,14-15,17,20H,4,8-10,12-13H2,1-3H3. The molecule has 1 aliphatic rings. The molecule has 0 aromatic heterocycles. The van der Waals surface area contributed by atoms with Crippen LogP contribution >= 0.6 is 0 Å². The summed E-state index contributed by atoms with van der Waals surface area (Å²) in [5.41, 5.74) is 1.02. The minimum atomic E-state index is -0.143. The lowest BCUT2D eigenvalue weighted by Crippen LogP contribution is -2.49. The van der Waals surface area contributed by atoms with Crippen LogP contribution in [0.4, 0.5) is 10.1 Å². The Labute approximate surface area is 128 Å². The number of nitrogens with one attached hydrogen (secondary N) is 1. The second-order valence-corrected chi connectivity index (χ2v) is 6.73. The maximum absolute atomic E-state index is 13.4. The summed E-state index contributed by atoms with van der Waals surface area (Å²) in [6.07, 6.45) is 3.64. The van der Waals surface area contributed by atoms with E-state index >= 15 is 0 Å². The van der Waals surface area contributed by atoms with Crippen LogP contribution in [0.5, 0.6) is 0 Å². The second kappa shape index (κ2) is 7.79. The highest BCUT2D eigenvalue weighted by atomic mass is 19.1. The fourth-order valence-electron chi connectivity index (χ4n) is 3.11. The average Bonchev–Trinajstić information content (AvgIpc) is 2.46. The normalized spacial score (nSPS) is 22.8. The van der Waals surface area contributed by atoms with E-state index < -0.39 is 0 Å². The molecule has 21 heavy (non-hydrogen) atoms. The molecule has 3 heteroatoms. The molecule has 1 aliphatic heterocycles. The average molecular weight is 292 g/mol. The first-order valence-corrected chi connectivity index (χ1v) is 8.32. The van der Waals surface area contributed by atoms with Crippen LogP contribution in [0.15, 0.2) is 24.3 Å². The molecule has 0 saturated carbocycles. The van der Waals surface area contributed by atoms with Crippen LogP contribution in [-0.4, -0.2) is 25.7 Å². The zero-order chi connectivity index (χ0) is 15.2. The summed E-state index contributed by atoms with van der Waals surface area (Å²) in [4.78, 5) is 2.34. The molecular weight excluding hydrogens is 263 g/mol. The van der Waals surface area contributed by atoms with Gasteiger partial charge >= 0.3 is 0 Å². The smallest absolute Gasteiger partial charge is 0.125 e. The van der Waals surface area contributed by atoms with Gasteiger partial charge in [-0.3, -0.25) is 0 Å². The van der Waals surface area contributed by atoms with Gasteiger partial charge in [0.05, 0.1) is 0 Å². The van der Waals surface area contributed by atoms with Crippen molar-refractivity contribution in [2.45, 2.75) is 46.1 Å². The number of hydrogen-bond donors (Lipinski definition) is 1. The molecule has 1 aromatic carbocycles. The molecule has 1 saturated heterocycles. The number of rotatable bonds is 6. The van der Waals surface area contributed by atoms with E-state index in [1.165, 1.54) is 25.3 Å². The molecule has 1 heterocycles. The van der Waals surface area contributed by atoms with Crippen molar-refractivity contribution in [2.24, 2.45) is 11.8 Å². The van der Waals surface area contributed by atoms with Gasteiger partial charge in [-0.15, -0.1) is 0 Å². The molecule has 1 N–H and O–H groups in total. The third-order valence-corrected chi connectivity index (χ3v) is 4.44. The Kier molecular flexibility index (Phi) is 6.04. The van der Waals surface area contributed by atoms with Gasteiger partial charge in [-0.2, -0.15) is 0 Å². The highest BCUT2D eigenvalue weighted by Crippen LogP contribution is 2.25. The summed E-state index contributed by atoms with van der Waals surface area (Å²) < 4.78 is 13.4. The first-order valence-electron chi connectivity index (χ1n) is 8.32. The van der Waals surface area contributed by atoms with Crippen LogP contribution in [0, 0.1) is 17.7 Å². The summed E-state index contributed by atoms with van der Waals surface area (Å²) in [5, 5.41) is 3.70. The minimum absolute atomic E-state index is 0.143. The third-order valence-electron chi connectivity index (χ3n) is 4.44. The number of nitrogens with zero attached hydrogens (tertiary/aromatic N) is 1. The van der Waals surface area contributed by atoms with Gasteiger partial charge in [0, 0.05) is 24.8 Å². The van der Waals surface area contributed by atoms with Gasteiger partial charge in [-0.1, -0.05) is 33.3 Å². The Hall–Kier alpha value is -1.09. The van der Waals surface area contributed by atoms with E-state index in [1.54, 1.807) is 12.1 Å². The van der Waals surface area contributed by atoms with Crippen molar-refractivity contribution in [1.29, 1.82) is 0 Å². The fourth-order valence-corrected chi connectivity index (χ4v) is 3.11. The zero-order valence-corrected chi connectivity index (χ0v) is 13.6. The molecule has 0 bridgehead atoms. The van der Waals surface area contributed by atoms with Crippen LogP contribution in [0.3, 0.4) is 0 Å². The topological polar surface area (TPSA) is 15.3 Å². The Bertz CT molecular complexity index is 433. The maximum atomic E-state index is 13.4. The number of halogens is 1. The van der Waals surface area contributed by atoms with Gasteiger partial charge in [-0.25, -0.2) is 4.39 Å². The number of anilines is 1. The van der Waals surface area contributed by atoms with Crippen LogP contribution < -0.4 is 10.2 Å². The van der Waals surface area contributed by atoms with E-state index in [0.717, 1.165) is 31.2 Å². The first-order chi connectivity index (χ1) is 10.1. The van der Waals surface area contributed by atoms with E-state index in [-0.39, 0.29) is 5.82 Å². The van der Waals surface area contributed by atoms with E-state index in [4.69, 9.17) is 0 Å². The Morgan fingerprint density at radius 1 is 1.33 bits per heavy atom. The van der Waals surface area contributed by atoms with E-state index in [2.05, 4.69) is 31.0 Å². The Morgan fingerprint density at radius 2 is 2.14 bits per heavy atom. The fraction of sp³-hybridized carbons (Fsp3) is 0.667. The van der Waals surface area contributed by atoms with Gasteiger partial charge in [0.25, 0.3) is 0 Å². The maximum Gasteiger partial charge on any atom is 0.125 e. The van der Waals surface area contributed by atoms with Gasteiger partial charge < -0.3 is 10.2 Å². The lowest BCUT2D eigenvalue weighted by Gasteiger charge is -2.39. The highest BCUT2D eigenvalue weighted by Gasteiger charge is 2.26.